The van der Waals surface area contributed by atoms with Crippen LogP contribution >= 0.6 is 11.6 Å². The molecule has 0 aliphatic heterocycles. The maximum atomic E-state index is 12.4. The number of amides is 1. The summed E-state index contributed by atoms with van der Waals surface area (Å²) in [6.45, 7) is 2.54. The summed E-state index contributed by atoms with van der Waals surface area (Å²) in [5.41, 5.74) is 2.46. The third kappa shape index (κ3) is 3.12. The van der Waals surface area contributed by atoms with Crippen LogP contribution in [0.5, 0.6) is 0 Å². The second kappa shape index (κ2) is 6.34. The molecule has 1 aromatic heterocycles. The van der Waals surface area contributed by atoms with Crippen LogP contribution in [0.2, 0.25) is 0 Å². The first-order chi connectivity index (χ1) is 9.26. The van der Waals surface area contributed by atoms with Crippen LogP contribution in [-0.2, 0) is 5.88 Å². The summed E-state index contributed by atoms with van der Waals surface area (Å²) in [6.07, 6.45) is 3.38. The van der Waals surface area contributed by atoms with Gasteiger partial charge in [0, 0.05) is 24.2 Å². The molecule has 1 heterocycles. The van der Waals surface area contributed by atoms with Gasteiger partial charge in [0.1, 0.15) is 0 Å². The van der Waals surface area contributed by atoms with E-state index < -0.39 is 0 Å². The summed E-state index contributed by atoms with van der Waals surface area (Å²) in [6, 6.07) is 11.1. The molecule has 0 saturated heterocycles. The summed E-state index contributed by atoms with van der Waals surface area (Å²) in [5, 5.41) is 0. The molecule has 2 aromatic rings. The first-order valence-electron chi connectivity index (χ1n) is 6.13. The Kier molecular flexibility index (Phi) is 4.53. The summed E-state index contributed by atoms with van der Waals surface area (Å²) >= 11 is 5.74. The molecule has 0 aliphatic rings. The predicted octanol–water partition coefficient (Wildman–Crippen LogP) is 3.49. The van der Waals surface area contributed by atoms with Crippen molar-refractivity contribution in [3.8, 4) is 0 Å². The number of hydrogen-bond acceptors (Lipinski definition) is 2. The molecule has 0 saturated carbocycles. The Labute approximate surface area is 117 Å². The summed E-state index contributed by atoms with van der Waals surface area (Å²) < 4.78 is 0. The van der Waals surface area contributed by atoms with E-state index in [0.29, 0.717) is 18.0 Å². The third-order valence-electron chi connectivity index (χ3n) is 2.87. The van der Waals surface area contributed by atoms with Gasteiger partial charge in [0.25, 0.3) is 5.91 Å². The quantitative estimate of drug-likeness (QED) is 0.800. The largest absolute Gasteiger partial charge is 0.307 e. The fourth-order valence-corrected chi connectivity index (χ4v) is 2.03. The molecular formula is C15H15ClN2O. The first kappa shape index (κ1) is 13.6. The van der Waals surface area contributed by atoms with E-state index in [0.717, 1.165) is 11.3 Å². The number of alkyl halides is 1. The van der Waals surface area contributed by atoms with Gasteiger partial charge in [-0.05, 0) is 36.8 Å². The highest BCUT2D eigenvalue weighted by molar-refractivity contribution is 6.17. The lowest BCUT2D eigenvalue weighted by Gasteiger charge is -2.20. The van der Waals surface area contributed by atoms with Crippen molar-refractivity contribution in [3.05, 3.63) is 59.9 Å². The number of carbonyl (C=O) groups excluding carboxylic acids is 1. The zero-order chi connectivity index (χ0) is 13.7. The third-order valence-corrected chi connectivity index (χ3v) is 3.18. The van der Waals surface area contributed by atoms with Gasteiger partial charge in [-0.25, -0.2) is 0 Å². The molecule has 19 heavy (non-hydrogen) atoms. The SMILES string of the molecule is CCN(C(=O)c1ccc(CCl)cc1)c1cccnc1. The van der Waals surface area contributed by atoms with Gasteiger partial charge in [0.2, 0.25) is 0 Å². The fraction of sp³-hybridized carbons (Fsp3) is 0.200. The van der Waals surface area contributed by atoms with E-state index in [9.17, 15) is 4.79 Å². The van der Waals surface area contributed by atoms with Crippen molar-refractivity contribution in [2.75, 3.05) is 11.4 Å². The standard InChI is InChI=1S/C15H15ClN2O/c1-2-18(14-4-3-9-17-11-14)15(19)13-7-5-12(10-16)6-8-13/h3-9,11H,2,10H2,1H3. The second-order valence-corrected chi connectivity index (χ2v) is 4.36. The van der Waals surface area contributed by atoms with E-state index in [1.54, 1.807) is 29.4 Å². The van der Waals surface area contributed by atoms with Crippen molar-refractivity contribution in [1.82, 2.24) is 4.98 Å². The molecule has 4 heteroatoms. The van der Waals surface area contributed by atoms with Crippen LogP contribution in [0.15, 0.2) is 48.8 Å². The summed E-state index contributed by atoms with van der Waals surface area (Å²) in [4.78, 5) is 18.2. The number of benzene rings is 1. The van der Waals surface area contributed by atoms with Crippen LogP contribution in [0.3, 0.4) is 0 Å². The number of hydrogen-bond donors (Lipinski definition) is 0. The van der Waals surface area contributed by atoms with Crippen LogP contribution in [0.4, 0.5) is 5.69 Å². The highest BCUT2D eigenvalue weighted by Gasteiger charge is 2.15. The topological polar surface area (TPSA) is 33.2 Å². The maximum absolute atomic E-state index is 12.4. The van der Waals surface area contributed by atoms with Gasteiger partial charge in [-0.1, -0.05) is 12.1 Å². The smallest absolute Gasteiger partial charge is 0.258 e. The average Bonchev–Trinajstić information content (AvgIpc) is 2.49. The molecule has 1 aromatic carbocycles. The molecule has 3 nitrogen and oxygen atoms in total. The van der Waals surface area contributed by atoms with Crippen LogP contribution < -0.4 is 4.90 Å². The van der Waals surface area contributed by atoms with Gasteiger partial charge in [0.15, 0.2) is 0 Å². The number of halogens is 1. The Balaban J connectivity index is 2.25. The zero-order valence-corrected chi connectivity index (χ0v) is 11.5. The minimum absolute atomic E-state index is 0.0309. The van der Waals surface area contributed by atoms with Crippen LogP contribution in [0, 0.1) is 0 Å². The van der Waals surface area contributed by atoms with Crippen LogP contribution in [0.1, 0.15) is 22.8 Å². The van der Waals surface area contributed by atoms with E-state index in [1.807, 2.05) is 31.2 Å². The van der Waals surface area contributed by atoms with Gasteiger partial charge < -0.3 is 4.90 Å². The second-order valence-electron chi connectivity index (χ2n) is 4.09. The number of pyridine rings is 1. The van der Waals surface area contributed by atoms with E-state index in [1.165, 1.54) is 0 Å². The summed E-state index contributed by atoms with van der Waals surface area (Å²) in [5.74, 6) is 0.422. The van der Waals surface area contributed by atoms with Crippen molar-refractivity contribution >= 4 is 23.2 Å². The number of aromatic nitrogens is 1. The predicted molar refractivity (Wildman–Crippen MR) is 77.6 cm³/mol. The van der Waals surface area contributed by atoms with E-state index in [4.69, 9.17) is 11.6 Å². The lowest BCUT2D eigenvalue weighted by atomic mass is 10.1. The Hall–Kier alpha value is -1.87. The van der Waals surface area contributed by atoms with E-state index in [-0.39, 0.29) is 5.91 Å². The maximum Gasteiger partial charge on any atom is 0.258 e. The summed E-state index contributed by atoms with van der Waals surface area (Å²) in [7, 11) is 0. The lowest BCUT2D eigenvalue weighted by Crippen LogP contribution is -2.30. The lowest BCUT2D eigenvalue weighted by molar-refractivity contribution is 0.0988. The van der Waals surface area contributed by atoms with Crippen LogP contribution in [0.25, 0.3) is 0 Å². The molecule has 2 rings (SSSR count). The van der Waals surface area contributed by atoms with Crippen molar-refractivity contribution in [3.63, 3.8) is 0 Å². The Morgan fingerprint density at radius 1 is 1.26 bits per heavy atom. The fourth-order valence-electron chi connectivity index (χ4n) is 1.85. The molecule has 0 spiro atoms. The van der Waals surface area contributed by atoms with Crippen molar-refractivity contribution < 1.29 is 4.79 Å². The van der Waals surface area contributed by atoms with E-state index >= 15 is 0 Å². The molecule has 0 N–H and O–H groups in total. The van der Waals surface area contributed by atoms with Gasteiger partial charge in [-0.15, -0.1) is 11.6 Å². The molecule has 0 aliphatic carbocycles. The number of rotatable bonds is 4. The first-order valence-corrected chi connectivity index (χ1v) is 6.66. The van der Waals surface area contributed by atoms with Crippen molar-refractivity contribution in [1.29, 1.82) is 0 Å². The minimum Gasteiger partial charge on any atom is -0.307 e. The highest BCUT2D eigenvalue weighted by Crippen LogP contribution is 2.16. The van der Waals surface area contributed by atoms with E-state index in [2.05, 4.69) is 4.98 Å². The van der Waals surface area contributed by atoms with Crippen molar-refractivity contribution in [2.24, 2.45) is 0 Å². The molecule has 0 bridgehead atoms. The van der Waals surface area contributed by atoms with Gasteiger partial charge in [-0.3, -0.25) is 9.78 Å². The average molecular weight is 275 g/mol. The molecule has 0 radical (unpaired) electrons. The highest BCUT2D eigenvalue weighted by atomic mass is 35.5. The number of nitrogens with zero attached hydrogens (tertiary/aromatic N) is 2. The minimum atomic E-state index is -0.0309. The van der Waals surface area contributed by atoms with Gasteiger partial charge in [-0.2, -0.15) is 0 Å². The van der Waals surface area contributed by atoms with Crippen molar-refractivity contribution in [2.45, 2.75) is 12.8 Å². The van der Waals surface area contributed by atoms with Gasteiger partial charge >= 0.3 is 0 Å². The number of carbonyl (C=O) groups is 1. The molecule has 0 atom stereocenters. The normalized spacial score (nSPS) is 10.2. The van der Waals surface area contributed by atoms with Gasteiger partial charge in [0.05, 0.1) is 11.9 Å². The Bertz CT molecular complexity index is 540. The van der Waals surface area contributed by atoms with Crippen LogP contribution in [-0.4, -0.2) is 17.4 Å². The molecule has 0 unspecified atom stereocenters. The molecule has 0 fully saturated rings. The zero-order valence-electron chi connectivity index (χ0n) is 10.7. The molecule has 98 valence electrons. The number of anilines is 1. The molecular weight excluding hydrogens is 260 g/mol. The monoisotopic (exact) mass is 274 g/mol. The Morgan fingerprint density at radius 3 is 2.53 bits per heavy atom. The Morgan fingerprint density at radius 2 is 2.00 bits per heavy atom. The molecule has 1 amide bonds.